The molecule has 0 unspecified atom stereocenters. The van der Waals surface area contributed by atoms with E-state index in [1.165, 1.54) is 44.9 Å². The zero-order chi connectivity index (χ0) is 32.7. The maximum Gasteiger partial charge on any atom is 0.187 e. The molecule has 0 aromatic rings. The van der Waals surface area contributed by atoms with E-state index in [9.17, 15) is 30.3 Å². The van der Waals surface area contributed by atoms with Gasteiger partial charge in [-0.15, -0.1) is 0 Å². The number of hydrogen-bond donors (Lipinski definition) is 7. The van der Waals surface area contributed by atoms with Crippen LogP contribution in [0.4, 0.5) is 0 Å². The van der Waals surface area contributed by atoms with Crippen molar-refractivity contribution in [3.05, 3.63) is 0 Å². The van der Waals surface area contributed by atoms with Crippen LogP contribution in [0.2, 0.25) is 0 Å². The summed E-state index contributed by atoms with van der Waals surface area (Å²) in [5.41, 5.74) is 11.8. The third kappa shape index (κ3) is 18.5. The van der Waals surface area contributed by atoms with Crippen LogP contribution in [0.3, 0.4) is 0 Å². The molecule has 9 N–H and O–H groups in total. The number of Topliss-reactive ketones (excluding diaryl/α,β-unsaturated/α-hetero) is 1. The Bertz CT molecular complexity index is 696. The highest BCUT2D eigenvalue weighted by Crippen LogP contribution is 2.25. The van der Waals surface area contributed by atoms with Crippen molar-refractivity contribution in [2.45, 2.75) is 204 Å². The van der Waals surface area contributed by atoms with Crippen LogP contribution in [-0.4, -0.2) is 92.9 Å². The molecule has 0 radical (unpaired) electrons. The number of aliphatic hydroxyl groups is 5. The van der Waals surface area contributed by atoms with Crippen LogP contribution in [-0.2, 0) is 14.3 Å². The molecule has 0 bridgehead atoms. The number of carbonyl (C=O) groups excluding carboxylic acids is 1. The van der Waals surface area contributed by atoms with Gasteiger partial charge in [-0.25, -0.2) is 0 Å². The minimum absolute atomic E-state index is 0.157. The number of nitrogens with two attached hydrogens (primary N) is 2. The summed E-state index contributed by atoms with van der Waals surface area (Å²) in [6, 6.07) is -0.447. The van der Waals surface area contributed by atoms with E-state index in [-0.39, 0.29) is 18.2 Å². The summed E-state index contributed by atoms with van der Waals surface area (Å²) in [7, 11) is 0. The van der Waals surface area contributed by atoms with E-state index >= 15 is 0 Å². The van der Waals surface area contributed by atoms with Gasteiger partial charge in [0.1, 0.15) is 30.2 Å². The highest BCUT2D eigenvalue weighted by atomic mass is 16.7. The number of carbonyl (C=O) groups is 1. The molecule has 0 aromatic heterocycles. The predicted octanol–water partition coefficient (Wildman–Crippen LogP) is 3.99. The molecule has 0 aliphatic carbocycles. The molecule has 0 spiro atoms. The van der Waals surface area contributed by atoms with E-state index in [0.29, 0.717) is 18.6 Å². The molecule has 10 heteroatoms. The number of rotatable bonds is 28. The van der Waals surface area contributed by atoms with Crippen molar-refractivity contribution in [2.24, 2.45) is 11.5 Å². The number of ketones is 1. The van der Waals surface area contributed by atoms with Crippen LogP contribution < -0.4 is 11.5 Å². The minimum Gasteiger partial charge on any atom is -0.394 e. The highest BCUT2D eigenvalue weighted by molar-refractivity contribution is 5.78. The van der Waals surface area contributed by atoms with Crippen molar-refractivity contribution in [2.75, 3.05) is 6.61 Å². The minimum atomic E-state index is -1.45. The first-order valence-corrected chi connectivity index (χ1v) is 17.7. The maximum absolute atomic E-state index is 12.1. The van der Waals surface area contributed by atoms with Gasteiger partial charge in [0.2, 0.25) is 0 Å². The second kappa shape index (κ2) is 25.4. The molecule has 1 aliphatic heterocycles. The lowest BCUT2D eigenvalue weighted by Gasteiger charge is -2.41. The van der Waals surface area contributed by atoms with Crippen LogP contribution in [0, 0.1) is 0 Å². The van der Waals surface area contributed by atoms with Crippen LogP contribution in [0.25, 0.3) is 0 Å². The topological polar surface area (TPSA) is 189 Å². The third-order valence-electron chi connectivity index (χ3n) is 9.00. The Kier molecular flexibility index (Phi) is 23.9. The second-order valence-electron chi connectivity index (χ2n) is 13.3. The number of unbranched alkanes of at least 4 members (excludes halogenated alkanes) is 15. The summed E-state index contributed by atoms with van der Waals surface area (Å²) in [5.74, 6) is 0.409. The van der Waals surface area contributed by atoms with E-state index in [4.69, 9.17) is 20.9 Å². The van der Waals surface area contributed by atoms with Crippen molar-refractivity contribution in [3.63, 3.8) is 0 Å². The van der Waals surface area contributed by atoms with Crippen molar-refractivity contribution >= 4 is 5.78 Å². The van der Waals surface area contributed by atoms with Crippen LogP contribution >= 0.6 is 0 Å². The number of aliphatic hydroxyl groups excluding tert-OH is 5. The van der Waals surface area contributed by atoms with Crippen molar-refractivity contribution in [1.29, 1.82) is 0 Å². The molecule has 0 aromatic carbocycles. The molecule has 1 fully saturated rings. The standard InChI is InChI=1S/C34H68N2O8/c1-25(35)28(39)22-18-14-11-13-17-21-27(38)20-16-12-9-7-5-3-4-6-8-10-15-19-23-29(26(2)36)43-34-33(42)32(41)31(40)30(24-37)44-34/h25-26,28-34,37,39-42H,3-24,35-36H2,1-2H3/t25-,26-,28-,29+,30-,31+,32+,33-,34-/m1/s1. The fraction of sp³-hybridized carbons (Fsp3) is 0.971. The van der Waals surface area contributed by atoms with Crippen molar-refractivity contribution in [1.82, 2.24) is 0 Å². The Hall–Kier alpha value is -0.690. The lowest BCUT2D eigenvalue weighted by Crippen LogP contribution is -2.60. The largest absolute Gasteiger partial charge is 0.394 e. The monoisotopic (exact) mass is 632 g/mol. The molecule has 0 saturated carbocycles. The summed E-state index contributed by atoms with van der Waals surface area (Å²) in [4.78, 5) is 12.1. The summed E-state index contributed by atoms with van der Waals surface area (Å²) in [5, 5.41) is 49.2. The average Bonchev–Trinajstić information content (AvgIpc) is 2.99. The summed E-state index contributed by atoms with van der Waals surface area (Å²) < 4.78 is 11.3. The molecule has 1 heterocycles. The lowest BCUT2D eigenvalue weighted by atomic mass is 9.98. The van der Waals surface area contributed by atoms with Crippen LogP contribution in [0.15, 0.2) is 0 Å². The first-order valence-electron chi connectivity index (χ1n) is 17.7. The van der Waals surface area contributed by atoms with Gasteiger partial charge in [-0.3, -0.25) is 4.79 Å². The Morgan fingerprint density at radius 1 is 0.659 bits per heavy atom. The SMILES string of the molecule is C[C@@H](N)[C@H](O)CCCCCCCC(=O)CCCCCCCCCCCCCC[C@H](O[C@@H]1O[C@H](CO)[C@H](O)[C@H](O)[C@H]1O)[C@@H](C)N. The smallest absolute Gasteiger partial charge is 0.187 e. The van der Waals surface area contributed by atoms with Gasteiger partial charge in [-0.2, -0.15) is 0 Å². The van der Waals surface area contributed by atoms with Gasteiger partial charge < -0.3 is 46.5 Å². The molecule has 1 rings (SSSR count). The van der Waals surface area contributed by atoms with E-state index in [1.807, 2.05) is 13.8 Å². The fourth-order valence-corrected chi connectivity index (χ4v) is 5.84. The quantitative estimate of drug-likeness (QED) is 0.0621. The Morgan fingerprint density at radius 2 is 1.09 bits per heavy atom. The molecular formula is C34H68N2O8. The Morgan fingerprint density at radius 3 is 1.52 bits per heavy atom. The highest BCUT2D eigenvalue weighted by Gasteiger charge is 2.45. The average molecular weight is 633 g/mol. The molecule has 1 saturated heterocycles. The van der Waals surface area contributed by atoms with Gasteiger partial charge in [-0.05, 0) is 39.5 Å². The fourth-order valence-electron chi connectivity index (χ4n) is 5.84. The molecule has 44 heavy (non-hydrogen) atoms. The van der Waals surface area contributed by atoms with Gasteiger partial charge in [0.25, 0.3) is 0 Å². The van der Waals surface area contributed by atoms with E-state index in [0.717, 1.165) is 77.0 Å². The molecule has 262 valence electrons. The first kappa shape index (κ1) is 41.3. The summed E-state index contributed by atoms with van der Waals surface area (Å²) in [6.07, 6.45) is 15.1. The number of hydrogen-bond acceptors (Lipinski definition) is 10. The van der Waals surface area contributed by atoms with Gasteiger partial charge in [0.05, 0.1) is 18.8 Å². The van der Waals surface area contributed by atoms with Crippen LogP contribution in [0.5, 0.6) is 0 Å². The van der Waals surface area contributed by atoms with E-state index in [2.05, 4.69) is 0 Å². The molecule has 1 aliphatic rings. The third-order valence-corrected chi connectivity index (χ3v) is 9.00. The summed E-state index contributed by atoms with van der Waals surface area (Å²) in [6.45, 7) is 3.19. The lowest BCUT2D eigenvalue weighted by molar-refractivity contribution is -0.312. The molecular weight excluding hydrogens is 564 g/mol. The van der Waals surface area contributed by atoms with Gasteiger partial charge >= 0.3 is 0 Å². The van der Waals surface area contributed by atoms with Gasteiger partial charge in [-0.1, -0.05) is 96.3 Å². The predicted molar refractivity (Wildman–Crippen MR) is 174 cm³/mol. The van der Waals surface area contributed by atoms with Gasteiger partial charge in [0, 0.05) is 24.9 Å². The van der Waals surface area contributed by atoms with Crippen molar-refractivity contribution in [3.8, 4) is 0 Å². The Balaban J connectivity index is 1.94. The Labute approximate surface area is 267 Å². The van der Waals surface area contributed by atoms with Gasteiger partial charge in [0.15, 0.2) is 6.29 Å². The number of ether oxygens (including phenoxy) is 2. The molecule has 10 nitrogen and oxygen atoms in total. The van der Waals surface area contributed by atoms with Crippen LogP contribution in [0.1, 0.15) is 149 Å². The second-order valence-corrected chi connectivity index (χ2v) is 13.3. The molecule has 9 atom stereocenters. The summed E-state index contributed by atoms with van der Waals surface area (Å²) >= 11 is 0. The van der Waals surface area contributed by atoms with E-state index < -0.39 is 43.4 Å². The maximum atomic E-state index is 12.1. The zero-order valence-electron chi connectivity index (χ0n) is 27.9. The first-order chi connectivity index (χ1) is 21.1. The normalized spacial score (nSPS) is 25.1. The van der Waals surface area contributed by atoms with E-state index in [1.54, 1.807) is 0 Å². The molecule has 0 amide bonds. The zero-order valence-corrected chi connectivity index (χ0v) is 27.9. The van der Waals surface area contributed by atoms with Crippen molar-refractivity contribution < 1.29 is 39.8 Å².